The number of para-hydroxylation sites is 1. The van der Waals surface area contributed by atoms with E-state index in [0.717, 1.165) is 42.8 Å². The third-order valence-corrected chi connectivity index (χ3v) is 4.22. The summed E-state index contributed by atoms with van der Waals surface area (Å²) in [5, 5.41) is 6.37. The predicted octanol–water partition coefficient (Wildman–Crippen LogP) is 2.99. The van der Waals surface area contributed by atoms with Gasteiger partial charge in [-0.1, -0.05) is 48.5 Å². The van der Waals surface area contributed by atoms with E-state index in [9.17, 15) is 4.79 Å². The Kier molecular flexibility index (Phi) is 5.85. The van der Waals surface area contributed by atoms with Crippen LogP contribution in [0.3, 0.4) is 0 Å². The number of benzene rings is 2. The summed E-state index contributed by atoms with van der Waals surface area (Å²) >= 11 is 0. The third-order valence-electron chi connectivity index (χ3n) is 4.22. The van der Waals surface area contributed by atoms with Gasteiger partial charge in [0.05, 0.1) is 13.0 Å². The van der Waals surface area contributed by atoms with Crippen molar-refractivity contribution in [2.45, 2.75) is 25.3 Å². The largest absolute Gasteiger partial charge is 0.492 e. The van der Waals surface area contributed by atoms with Crippen molar-refractivity contribution in [1.29, 1.82) is 0 Å². The quantitative estimate of drug-likeness (QED) is 0.859. The fraction of sp³-hybridized carbons (Fsp3) is 0.350. The highest BCUT2D eigenvalue weighted by Crippen LogP contribution is 2.29. The molecule has 1 fully saturated rings. The van der Waals surface area contributed by atoms with Crippen molar-refractivity contribution in [3.05, 3.63) is 54.6 Å². The molecule has 4 nitrogen and oxygen atoms in total. The molecule has 0 aliphatic carbocycles. The predicted molar refractivity (Wildman–Crippen MR) is 96.0 cm³/mol. The number of piperidine rings is 1. The standard InChI is InChI=1S/C20H24N2O2/c23-20(22-17-9-6-13-21-15-17)12-14-24-19-11-5-4-10-18(19)16-7-2-1-3-8-16/h1-5,7-8,10-11,17,21H,6,9,12-15H2,(H,22,23). The Hall–Kier alpha value is -2.33. The first-order valence-electron chi connectivity index (χ1n) is 8.60. The normalized spacial score (nSPS) is 17.2. The molecule has 2 aromatic rings. The van der Waals surface area contributed by atoms with E-state index < -0.39 is 0 Å². The molecule has 1 heterocycles. The van der Waals surface area contributed by atoms with Crippen LogP contribution >= 0.6 is 0 Å². The van der Waals surface area contributed by atoms with E-state index in [1.54, 1.807) is 0 Å². The summed E-state index contributed by atoms with van der Waals surface area (Å²) in [4.78, 5) is 12.0. The van der Waals surface area contributed by atoms with Gasteiger partial charge in [0.25, 0.3) is 0 Å². The van der Waals surface area contributed by atoms with Crippen molar-refractivity contribution >= 4 is 5.91 Å². The van der Waals surface area contributed by atoms with Gasteiger partial charge in [-0.2, -0.15) is 0 Å². The molecule has 3 rings (SSSR count). The molecule has 0 bridgehead atoms. The van der Waals surface area contributed by atoms with Gasteiger partial charge < -0.3 is 15.4 Å². The maximum absolute atomic E-state index is 12.0. The highest BCUT2D eigenvalue weighted by Gasteiger charge is 2.15. The smallest absolute Gasteiger partial charge is 0.223 e. The molecule has 4 heteroatoms. The number of nitrogens with one attached hydrogen (secondary N) is 2. The molecule has 1 unspecified atom stereocenters. The molecule has 1 saturated heterocycles. The lowest BCUT2D eigenvalue weighted by Gasteiger charge is -2.23. The second-order valence-electron chi connectivity index (χ2n) is 6.07. The average molecular weight is 324 g/mol. The van der Waals surface area contributed by atoms with Crippen LogP contribution in [0, 0.1) is 0 Å². The maximum atomic E-state index is 12.0. The third kappa shape index (κ3) is 4.59. The van der Waals surface area contributed by atoms with Gasteiger partial charge in [0.15, 0.2) is 0 Å². The van der Waals surface area contributed by atoms with Crippen molar-refractivity contribution < 1.29 is 9.53 Å². The summed E-state index contributed by atoms with van der Waals surface area (Å²) in [5.41, 5.74) is 2.17. The SMILES string of the molecule is O=C(CCOc1ccccc1-c1ccccc1)NC1CCCNC1. The van der Waals surface area contributed by atoms with Crippen molar-refractivity contribution in [3.8, 4) is 16.9 Å². The van der Waals surface area contributed by atoms with Crippen LogP contribution in [0.15, 0.2) is 54.6 Å². The molecule has 0 radical (unpaired) electrons. The topological polar surface area (TPSA) is 50.4 Å². The second kappa shape index (κ2) is 8.50. The van der Waals surface area contributed by atoms with E-state index in [4.69, 9.17) is 4.74 Å². The van der Waals surface area contributed by atoms with Crippen molar-refractivity contribution in [3.63, 3.8) is 0 Å². The molecule has 2 N–H and O–H groups in total. The second-order valence-corrected chi connectivity index (χ2v) is 6.07. The van der Waals surface area contributed by atoms with Crippen LogP contribution in [0.5, 0.6) is 5.75 Å². The Balaban J connectivity index is 1.52. The van der Waals surface area contributed by atoms with Crippen molar-refractivity contribution in [2.24, 2.45) is 0 Å². The van der Waals surface area contributed by atoms with Gasteiger partial charge in [-0.3, -0.25) is 4.79 Å². The first-order valence-corrected chi connectivity index (χ1v) is 8.60. The molecule has 126 valence electrons. The summed E-state index contributed by atoms with van der Waals surface area (Å²) in [6, 6.07) is 18.3. The number of hydrogen-bond acceptors (Lipinski definition) is 3. The minimum Gasteiger partial charge on any atom is -0.492 e. The molecule has 24 heavy (non-hydrogen) atoms. The Labute approximate surface area is 143 Å². The minimum atomic E-state index is 0.0564. The number of carbonyl (C=O) groups is 1. The summed E-state index contributed by atoms with van der Waals surface area (Å²) in [6.45, 7) is 2.30. The molecule has 0 saturated carbocycles. The van der Waals surface area contributed by atoms with Gasteiger partial charge in [0.1, 0.15) is 5.75 Å². The van der Waals surface area contributed by atoms with Gasteiger partial charge in [0, 0.05) is 18.2 Å². The zero-order valence-electron chi connectivity index (χ0n) is 13.8. The summed E-state index contributed by atoms with van der Waals surface area (Å²) in [7, 11) is 0. The van der Waals surface area contributed by atoms with E-state index in [2.05, 4.69) is 22.8 Å². The monoisotopic (exact) mass is 324 g/mol. The lowest BCUT2D eigenvalue weighted by molar-refractivity contribution is -0.122. The molecule has 1 atom stereocenters. The van der Waals surface area contributed by atoms with Gasteiger partial charge in [-0.25, -0.2) is 0 Å². The van der Waals surface area contributed by atoms with Gasteiger partial charge >= 0.3 is 0 Å². The van der Waals surface area contributed by atoms with Crippen molar-refractivity contribution in [1.82, 2.24) is 10.6 Å². The zero-order chi connectivity index (χ0) is 16.6. The Morgan fingerprint density at radius 3 is 2.71 bits per heavy atom. The fourth-order valence-electron chi connectivity index (χ4n) is 2.98. The first-order chi connectivity index (χ1) is 11.8. The Morgan fingerprint density at radius 2 is 1.92 bits per heavy atom. The summed E-state index contributed by atoms with van der Waals surface area (Å²) in [5.74, 6) is 0.872. The number of ether oxygens (including phenoxy) is 1. The van der Waals surface area contributed by atoms with Crippen LogP contribution in [-0.2, 0) is 4.79 Å². The van der Waals surface area contributed by atoms with Crippen LogP contribution in [0.25, 0.3) is 11.1 Å². The van der Waals surface area contributed by atoms with Gasteiger partial charge in [0.2, 0.25) is 5.91 Å². The maximum Gasteiger partial charge on any atom is 0.223 e. The molecule has 1 amide bonds. The lowest BCUT2D eigenvalue weighted by atomic mass is 10.1. The van der Waals surface area contributed by atoms with Crippen LogP contribution in [0.1, 0.15) is 19.3 Å². The van der Waals surface area contributed by atoms with Gasteiger partial charge in [-0.15, -0.1) is 0 Å². The summed E-state index contributed by atoms with van der Waals surface area (Å²) in [6.07, 6.45) is 2.54. The van der Waals surface area contributed by atoms with E-state index in [1.165, 1.54) is 0 Å². The van der Waals surface area contributed by atoms with Crippen molar-refractivity contribution in [2.75, 3.05) is 19.7 Å². The Morgan fingerprint density at radius 1 is 1.12 bits per heavy atom. The highest BCUT2D eigenvalue weighted by atomic mass is 16.5. The van der Waals surface area contributed by atoms with Crippen LogP contribution in [0.4, 0.5) is 0 Å². The zero-order valence-corrected chi connectivity index (χ0v) is 13.8. The first kappa shape index (κ1) is 16.5. The minimum absolute atomic E-state index is 0.0564. The molecule has 1 aliphatic rings. The van der Waals surface area contributed by atoms with E-state index >= 15 is 0 Å². The number of amides is 1. The average Bonchev–Trinajstić information content (AvgIpc) is 2.64. The number of carbonyl (C=O) groups excluding carboxylic acids is 1. The molecular weight excluding hydrogens is 300 g/mol. The van der Waals surface area contributed by atoms with E-state index in [0.29, 0.717) is 13.0 Å². The molecule has 0 aromatic heterocycles. The van der Waals surface area contributed by atoms with Gasteiger partial charge in [-0.05, 0) is 31.0 Å². The summed E-state index contributed by atoms with van der Waals surface area (Å²) < 4.78 is 5.87. The molecular formula is C20H24N2O2. The number of hydrogen-bond donors (Lipinski definition) is 2. The molecule has 1 aliphatic heterocycles. The molecule has 2 aromatic carbocycles. The number of rotatable bonds is 6. The van der Waals surface area contributed by atoms with Crippen LogP contribution in [0.2, 0.25) is 0 Å². The molecule has 0 spiro atoms. The van der Waals surface area contributed by atoms with E-state index in [-0.39, 0.29) is 11.9 Å². The van der Waals surface area contributed by atoms with E-state index in [1.807, 2.05) is 42.5 Å². The lowest BCUT2D eigenvalue weighted by Crippen LogP contribution is -2.45. The fourth-order valence-corrected chi connectivity index (χ4v) is 2.98. The Bertz CT molecular complexity index is 652. The van der Waals surface area contributed by atoms with Crippen LogP contribution < -0.4 is 15.4 Å². The highest BCUT2D eigenvalue weighted by molar-refractivity contribution is 5.76. The van der Waals surface area contributed by atoms with Crippen LogP contribution in [-0.4, -0.2) is 31.6 Å².